The van der Waals surface area contributed by atoms with Gasteiger partial charge in [0.15, 0.2) is 17.3 Å². The van der Waals surface area contributed by atoms with Gasteiger partial charge in [-0.15, -0.1) is 10.2 Å². The SMILES string of the molecule is OCC1CCc2nnc(-c3ccc(O)c(O)c3)n2C1. The number of fused-ring (bicyclic) bond motifs is 1. The number of aromatic hydroxyl groups is 2. The van der Waals surface area contributed by atoms with Crippen molar-refractivity contribution in [1.82, 2.24) is 14.8 Å². The van der Waals surface area contributed by atoms with Gasteiger partial charge >= 0.3 is 0 Å². The minimum atomic E-state index is -0.177. The van der Waals surface area contributed by atoms with E-state index in [0.717, 1.165) is 18.7 Å². The van der Waals surface area contributed by atoms with E-state index in [9.17, 15) is 15.3 Å². The Bertz CT molecular complexity index is 609. The molecular weight excluding hydrogens is 246 g/mol. The standard InChI is InChI=1S/C13H15N3O3/c17-7-8-1-4-12-14-15-13(16(12)6-8)9-2-3-10(18)11(19)5-9/h2-3,5,8,17-19H,1,4,6-7H2. The summed E-state index contributed by atoms with van der Waals surface area (Å²) >= 11 is 0. The predicted molar refractivity (Wildman–Crippen MR) is 67.7 cm³/mol. The first-order chi connectivity index (χ1) is 9.19. The van der Waals surface area contributed by atoms with Crippen LogP contribution in [0, 0.1) is 5.92 Å². The summed E-state index contributed by atoms with van der Waals surface area (Å²) in [5.41, 5.74) is 0.702. The van der Waals surface area contributed by atoms with Gasteiger partial charge in [0.05, 0.1) is 0 Å². The van der Waals surface area contributed by atoms with E-state index >= 15 is 0 Å². The summed E-state index contributed by atoms with van der Waals surface area (Å²) in [6, 6.07) is 4.59. The number of phenols is 2. The fourth-order valence-corrected chi connectivity index (χ4v) is 2.42. The number of rotatable bonds is 2. The van der Waals surface area contributed by atoms with Gasteiger partial charge in [0.25, 0.3) is 0 Å². The Morgan fingerprint density at radius 1 is 1.21 bits per heavy atom. The molecule has 0 saturated carbocycles. The maximum Gasteiger partial charge on any atom is 0.164 e. The molecule has 19 heavy (non-hydrogen) atoms. The van der Waals surface area contributed by atoms with Crippen molar-refractivity contribution in [2.24, 2.45) is 5.92 Å². The highest BCUT2D eigenvalue weighted by Crippen LogP contribution is 2.31. The Hall–Kier alpha value is -2.08. The zero-order chi connectivity index (χ0) is 13.4. The normalized spacial score (nSPS) is 18.3. The van der Waals surface area contributed by atoms with Crippen LogP contribution < -0.4 is 0 Å². The lowest BCUT2D eigenvalue weighted by Gasteiger charge is -2.22. The third kappa shape index (κ3) is 2.04. The largest absolute Gasteiger partial charge is 0.504 e. The van der Waals surface area contributed by atoms with Crippen LogP contribution >= 0.6 is 0 Å². The number of phenolic OH excluding ortho intramolecular Hbond substituents is 2. The Morgan fingerprint density at radius 2 is 2.05 bits per heavy atom. The zero-order valence-corrected chi connectivity index (χ0v) is 10.3. The van der Waals surface area contributed by atoms with E-state index < -0.39 is 0 Å². The van der Waals surface area contributed by atoms with E-state index in [1.54, 1.807) is 6.07 Å². The van der Waals surface area contributed by atoms with Crippen molar-refractivity contribution in [3.63, 3.8) is 0 Å². The summed E-state index contributed by atoms with van der Waals surface area (Å²) in [5, 5.41) is 36.4. The van der Waals surface area contributed by atoms with Gasteiger partial charge in [-0.2, -0.15) is 0 Å². The predicted octanol–water partition coefficient (Wildman–Crippen LogP) is 0.911. The van der Waals surface area contributed by atoms with Gasteiger partial charge in [-0.1, -0.05) is 0 Å². The Kier molecular flexibility index (Phi) is 2.87. The maximum absolute atomic E-state index is 9.55. The summed E-state index contributed by atoms with van der Waals surface area (Å²) in [4.78, 5) is 0. The van der Waals surface area contributed by atoms with Crippen molar-refractivity contribution in [3.05, 3.63) is 24.0 Å². The van der Waals surface area contributed by atoms with Gasteiger partial charge in [-0.25, -0.2) is 0 Å². The number of aromatic nitrogens is 3. The van der Waals surface area contributed by atoms with Gasteiger partial charge in [0.1, 0.15) is 5.82 Å². The lowest BCUT2D eigenvalue weighted by molar-refractivity contribution is 0.191. The molecule has 1 unspecified atom stereocenters. The average Bonchev–Trinajstić information content (AvgIpc) is 2.84. The van der Waals surface area contributed by atoms with Crippen molar-refractivity contribution in [2.75, 3.05) is 6.61 Å². The van der Waals surface area contributed by atoms with Gasteiger partial charge in [0.2, 0.25) is 0 Å². The highest BCUT2D eigenvalue weighted by Gasteiger charge is 2.23. The topological polar surface area (TPSA) is 91.4 Å². The van der Waals surface area contributed by atoms with Crippen LogP contribution in [-0.4, -0.2) is 36.7 Å². The van der Waals surface area contributed by atoms with Crippen molar-refractivity contribution in [3.8, 4) is 22.9 Å². The molecule has 1 aliphatic heterocycles. The molecular formula is C13H15N3O3. The molecule has 6 nitrogen and oxygen atoms in total. The molecule has 0 aliphatic carbocycles. The molecule has 2 aromatic rings. The minimum Gasteiger partial charge on any atom is -0.504 e. The first-order valence-corrected chi connectivity index (χ1v) is 6.24. The first kappa shape index (κ1) is 12.0. The molecule has 1 aromatic carbocycles. The molecule has 0 amide bonds. The number of aliphatic hydroxyl groups excluding tert-OH is 1. The number of hydrogen-bond donors (Lipinski definition) is 3. The van der Waals surface area contributed by atoms with E-state index in [2.05, 4.69) is 10.2 Å². The van der Waals surface area contributed by atoms with Crippen LogP contribution in [0.4, 0.5) is 0 Å². The Balaban J connectivity index is 2.02. The van der Waals surface area contributed by atoms with Crippen LogP contribution in [0.3, 0.4) is 0 Å². The molecule has 0 saturated heterocycles. The van der Waals surface area contributed by atoms with E-state index in [4.69, 9.17) is 0 Å². The summed E-state index contributed by atoms with van der Waals surface area (Å²) < 4.78 is 1.97. The molecule has 0 spiro atoms. The lowest BCUT2D eigenvalue weighted by Crippen LogP contribution is -2.23. The van der Waals surface area contributed by atoms with Crippen LogP contribution in [0.15, 0.2) is 18.2 Å². The minimum absolute atomic E-state index is 0.151. The Morgan fingerprint density at radius 3 is 2.79 bits per heavy atom. The van der Waals surface area contributed by atoms with Crippen molar-refractivity contribution in [2.45, 2.75) is 19.4 Å². The molecule has 6 heteroatoms. The molecule has 2 heterocycles. The van der Waals surface area contributed by atoms with E-state index in [-0.39, 0.29) is 24.0 Å². The van der Waals surface area contributed by atoms with E-state index in [1.807, 2.05) is 4.57 Å². The molecule has 3 rings (SSSR count). The lowest BCUT2D eigenvalue weighted by atomic mass is 10.00. The first-order valence-electron chi connectivity index (χ1n) is 6.24. The highest BCUT2D eigenvalue weighted by molar-refractivity contribution is 5.60. The number of aryl methyl sites for hydroxylation is 1. The van der Waals surface area contributed by atoms with Gasteiger partial charge < -0.3 is 19.9 Å². The van der Waals surface area contributed by atoms with E-state index in [1.165, 1.54) is 12.1 Å². The third-order valence-corrected chi connectivity index (χ3v) is 3.54. The van der Waals surface area contributed by atoms with Gasteiger partial charge in [-0.05, 0) is 24.6 Å². The molecule has 100 valence electrons. The van der Waals surface area contributed by atoms with Crippen LogP contribution in [-0.2, 0) is 13.0 Å². The second-order valence-corrected chi connectivity index (χ2v) is 4.84. The summed E-state index contributed by atoms with van der Waals surface area (Å²) in [6.07, 6.45) is 1.71. The summed E-state index contributed by atoms with van der Waals surface area (Å²) in [6.45, 7) is 0.827. The third-order valence-electron chi connectivity index (χ3n) is 3.54. The second kappa shape index (κ2) is 4.55. The highest BCUT2D eigenvalue weighted by atomic mass is 16.3. The fourth-order valence-electron chi connectivity index (χ4n) is 2.42. The molecule has 1 aromatic heterocycles. The van der Waals surface area contributed by atoms with Crippen molar-refractivity contribution < 1.29 is 15.3 Å². The molecule has 1 aliphatic rings. The van der Waals surface area contributed by atoms with Gasteiger partial charge in [-0.3, -0.25) is 0 Å². The van der Waals surface area contributed by atoms with Crippen molar-refractivity contribution >= 4 is 0 Å². The molecule has 1 atom stereocenters. The van der Waals surface area contributed by atoms with Crippen molar-refractivity contribution in [1.29, 1.82) is 0 Å². The number of hydrogen-bond acceptors (Lipinski definition) is 5. The quantitative estimate of drug-likeness (QED) is 0.699. The monoisotopic (exact) mass is 261 g/mol. The maximum atomic E-state index is 9.55. The number of aliphatic hydroxyl groups is 1. The molecule has 0 bridgehead atoms. The number of benzene rings is 1. The van der Waals surface area contributed by atoms with Crippen LogP contribution in [0.25, 0.3) is 11.4 Å². The molecule has 3 N–H and O–H groups in total. The smallest absolute Gasteiger partial charge is 0.164 e. The number of nitrogens with zero attached hydrogens (tertiary/aromatic N) is 3. The zero-order valence-electron chi connectivity index (χ0n) is 10.3. The summed E-state index contributed by atoms with van der Waals surface area (Å²) in [5.74, 6) is 1.43. The van der Waals surface area contributed by atoms with E-state index in [0.29, 0.717) is 17.9 Å². The van der Waals surface area contributed by atoms with Crippen LogP contribution in [0.1, 0.15) is 12.2 Å². The van der Waals surface area contributed by atoms with Crippen LogP contribution in [0.2, 0.25) is 0 Å². The van der Waals surface area contributed by atoms with Crippen LogP contribution in [0.5, 0.6) is 11.5 Å². The van der Waals surface area contributed by atoms with Gasteiger partial charge in [0, 0.05) is 31.1 Å². The fraction of sp³-hybridized carbons (Fsp3) is 0.385. The Labute approximate surface area is 110 Å². The second-order valence-electron chi connectivity index (χ2n) is 4.84. The average molecular weight is 261 g/mol. The summed E-state index contributed by atoms with van der Waals surface area (Å²) in [7, 11) is 0. The molecule has 0 fully saturated rings. The molecule has 0 radical (unpaired) electrons.